The van der Waals surface area contributed by atoms with Crippen molar-refractivity contribution >= 4 is 11.8 Å². The van der Waals surface area contributed by atoms with Crippen LogP contribution in [0.5, 0.6) is 0 Å². The zero-order chi connectivity index (χ0) is 13.7. The standard InChI is InChI=1S/C15H18O4/c1-7-3-4-10-8(2)15(18)19-14(10)13-9(6-16)5-11(17)12(7)13/h9-10,13-14,16H,2-6H2,1H3. The van der Waals surface area contributed by atoms with Crippen LogP contribution < -0.4 is 0 Å². The SMILES string of the molecule is C=C1C(=O)OC2C1CCC(C)=C1C(=O)CC(CO)C12. The van der Waals surface area contributed by atoms with Gasteiger partial charge in [0.1, 0.15) is 6.10 Å². The zero-order valence-corrected chi connectivity index (χ0v) is 11.0. The Morgan fingerprint density at radius 2 is 2.16 bits per heavy atom. The van der Waals surface area contributed by atoms with E-state index in [1.807, 2.05) is 6.92 Å². The van der Waals surface area contributed by atoms with Crippen molar-refractivity contribution in [1.82, 2.24) is 0 Å². The van der Waals surface area contributed by atoms with Crippen molar-refractivity contribution in [3.8, 4) is 0 Å². The molecule has 0 radical (unpaired) electrons. The smallest absolute Gasteiger partial charge is 0.334 e. The molecular weight excluding hydrogens is 244 g/mol. The molecular formula is C15H18O4. The minimum absolute atomic E-state index is 0.00935. The first-order valence-electron chi connectivity index (χ1n) is 6.78. The minimum atomic E-state index is -0.343. The third-order valence-electron chi connectivity index (χ3n) is 4.82. The number of hydrogen-bond acceptors (Lipinski definition) is 4. The molecule has 1 heterocycles. The number of Topliss-reactive ketones (excluding diaryl/α,β-unsaturated/α-hetero) is 1. The third-order valence-corrected chi connectivity index (χ3v) is 4.82. The molecule has 4 heteroatoms. The Labute approximate surface area is 112 Å². The minimum Gasteiger partial charge on any atom is -0.458 e. The molecule has 3 rings (SSSR count). The van der Waals surface area contributed by atoms with Crippen LogP contribution in [0.25, 0.3) is 0 Å². The Balaban J connectivity index is 2.06. The van der Waals surface area contributed by atoms with Crippen LogP contribution in [0.1, 0.15) is 26.2 Å². The van der Waals surface area contributed by atoms with Crippen LogP contribution in [0.3, 0.4) is 0 Å². The molecule has 4 atom stereocenters. The lowest BCUT2D eigenvalue weighted by Crippen LogP contribution is -2.31. The lowest BCUT2D eigenvalue weighted by atomic mass is 9.81. The second kappa shape index (κ2) is 4.30. The van der Waals surface area contributed by atoms with Crippen LogP contribution in [0.4, 0.5) is 0 Å². The number of carbonyl (C=O) groups is 2. The Hall–Kier alpha value is -1.42. The number of fused-ring (bicyclic) bond motifs is 3. The van der Waals surface area contributed by atoms with Crippen LogP contribution in [0, 0.1) is 17.8 Å². The topological polar surface area (TPSA) is 63.6 Å². The molecule has 2 fully saturated rings. The average Bonchev–Trinajstić information content (AvgIpc) is 2.80. The summed E-state index contributed by atoms with van der Waals surface area (Å²) >= 11 is 0. The molecule has 1 N–H and O–H groups in total. The predicted octanol–water partition coefficient (Wildman–Crippen LogP) is 1.39. The average molecular weight is 262 g/mol. The number of rotatable bonds is 1. The summed E-state index contributed by atoms with van der Waals surface area (Å²) in [6.45, 7) is 5.77. The summed E-state index contributed by atoms with van der Waals surface area (Å²) in [7, 11) is 0. The fraction of sp³-hybridized carbons (Fsp3) is 0.600. The van der Waals surface area contributed by atoms with Crippen molar-refractivity contribution < 1.29 is 19.4 Å². The molecule has 0 aromatic heterocycles. The first-order valence-corrected chi connectivity index (χ1v) is 6.78. The van der Waals surface area contributed by atoms with Gasteiger partial charge < -0.3 is 9.84 Å². The van der Waals surface area contributed by atoms with E-state index >= 15 is 0 Å². The molecule has 3 aliphatic rings. The zero-order valence-electron chi connectivity index (χ0n) is 11.0. The maximum Gasteiger partial charge on any atom is 0.334 e. The van der Waals surface area contributed by atoms with Gasteiger partial charge in [0.15, 0.2) is 5.78 Å². The van der Waals surface area contributed by atoms with Gasteiger partial charge >= 0.3 is 5.97 Å². The van der Waals surface area contributed by atoms with Crippen LogP contribution in [0.15, 0.2) is 23.3 Å². The van der Waals surface area contributed by atoms with E-state index in [-0.39, 0.29) is 42.2 Å². The summed E-state index contributed by atoms with van der Waals surface area (Å²) in [6.07, 6.45) is 1.65. The highest BCUT2D eigenvalue weighted by Gasteiger charge is 2.52. The van der Waals surface area contributed by atoms with Gasteiger partial charge in [0, 0.05) is 36.0 Å². The Morgan fingerprint density at radius 1 is 1.42 bits per heavy atom. The van der Waals surface area contributed by atoms with E-state index in [9.17, 15) is 14.7 Å². The largest absolute Gasteiger partial charge is 0.458 e. The molecule has 4 nitrogen and oxygen atoms in total. The van der Waals surface area contributed by atoms with E-state index in [1.54, 1.807) is 0 Å². The Morgan fingerprint density at radius 3 is 2.84 bits per heavy atom. The first kappa shape index (κ1) is 12.6. The molecule has 1 aliphatic heterocycles. The molecule has 0 aromatic carbocycles. The van der Waals surface area contributed by atoms with Crippen molar-refractivity contribution in [2.45, 2.75) is 32.3 Å². The van der Waals surface area contributed by atoms with Crippen LogP contribution in [-0.2, 0) is 14.3 Å². The molecule has 2 aliphatic carbocycles. The van der Waals surface area contributed by atoms with Gasteiger partial charge in [-0.25, -0.2) is 4.79 Å². The van der Waals surface area contributed by atoms with Gasteiger partial charge in [-0.1, -0.05) is 12.2 Å². The van der Waals surface area contributed by atoms with Crippen molar-refractivity contribution in [3.05, 3.63) is 23.3 Å². The third kappa shape index (κ3) is 1.70. The molecule has 19 heavy (non-hydrogen) atoms. The fourth-order valence-electron chi connectivity index (χ4n) is 3.83. The lowest BCUT2D eigenvalue weighted by molar-refractivity contribution is -0.141. The summed E-state index contributed by atoms with van der Waals surface area (Å²) in [6, 6.07) is 0. The van der Waals surface area contributed by atoms with Gasteiger partial charge in [-0.2, -0.15) is 0 Å². The molecule has 0 amide bonds. The number of allylic oxidation sites excluding steroid dienone is 1. The van der Waals surface area contributed by atoms with Crippen molar-refractivity contribution in [2.24, 2.45) is 17.8 Å². The van der Waals surface area contributed by atoms with E-state index in [2.05, 4.69) is 6.58 Å². The number of ether oxygens (including phenoxy) is 1. The summed E-state index contributed by atoms with van der Waals surface area (Å²) in [5.74, 6) is -0.513. The van der Waals surface area contributed by atoms with Crippen LogP contribution in [0.2, 0.25) is 0 Å². The van der Waals surface area contributed by atoms with Crippen molar-refractivity contribution in [1.29, 1.82) is 0 Å². The second-order valence-electron chi connectivity index (χ2n) is 5.83. The summed E-state index contributed by atoms with van der Waals surface area (Å²) < 4.78 is 5.46. The van der Waals surface area contributed by atoms with Crippen molar-refractivity contribution in [2.75, 3.05) is 6.61 Å². The predicted molar refractivity (Wildman–Crippen MR) is 68.1 cm³/mol. The number of aliphatic hydroxyl groups excluding tert-OH is 1. The van der Waals surface area contributed by atoms with Gasteiger partial charge in [0.2, 0.25) is 0 Å². The highest BCUT2D eigenvalue weighted by molar-refractivity contribution is 6.00. The van der Waals surface area contributed by atoms with Gasteiger partial charge in [-0.05, 0) is 25.7 Å². The molecule has 0 bridgehead atoms. The number of carbonyl (C=O) groups excluding carboxylic acids is 2. The molecule has 102 valence electrons. The molecule has 1 saturated carbocycles. The summed E-state index contributed by atoms with van der Waals surface area (Å²) in [5, 5.41) is 9.51. The van der Waals surface area contributed by atoms with E-state index < -0.39 is 0 Å². The number of aliphatic hydroxyl groups is 1. The van der Waals surface area contributed by atoms with E-state index in [1.165, 1.54) is 0 Å². The van der Waals surface area contributed by atoms with E-state index in [0.717, 1.165) is 24.0 Å². The molecule has 4 unspecified atom stereocenters. The highest BCUT2D eigenvalue weighted by Crippen LogP contribution is 2.49. The quantitative estimate of drug-likeness (QED) is 0.573. The van der Waals surface area contributed by atoms with Gasteiger partial charge in [0.05, 0.1) is 0 Å². The van der Waals surface area contributed by atoms with Gasteiger partial charge in [-0.3, -0.25) is 4.79 Å². The molecule has 1 saturated heterocycles. The normalized spacial score (nSPS) is 38.1. The Kier molecular flexibility index (Phi) is 2.86. The number of ketones is 1. The van der Waals surface area contributed by atoms with Gasteiger partial charge in [0.25, 0.3) is 0 Å². The summed E-state index contributed by atoms with van der Waals surface area (Å²) in [5.41, 5.74) is 2.41. The van der Waals surface area contributed by atoms with Crippen molar-refractivity contribution in [3.63, 3.8) is 0 Å². The highest BCUT2D eigenvalue weighted by atomic mass is 16.6. The van der Waals surface area contributed by atoms with Crippen LogP contribution >= 0.6 is 0 Å². The Bertz CT molecular complexity index is 502. The van der Waals surface area contributed by atoms with Crippen LogP contribution in [-0.4, -0.2) is 29.6 Å². The lowest BCUT2D eigenvalue weighted by Gasteiger charge is -2.26. The first-order chi connectivity index (χ1) is 9.04. The van der Waals surface area contributed by atoms with E-state index in [4.69, 9.17) is 4.74 Å². The van der Waals surface area contributed by atoms with Gasteiger partial charge in [-0.15, -0.1) is 0 Å². The number of hydrogen-bond donors (Lipinski definition) is 1. The maximum atomic E-state index is 12.2. The second-order valence-corrected chi connectivity index (χ2v) is 5.83. The fourth-order valence-corrected chi connectivity index (χ4v) is 3.83. The summed E-state index contributed by atoms with van der Waals surface area (Å²) in [4.78, 5) is 23.9. The van der Waals surface area contributed by atoms with E-state index in [0.29, 0.717) is 12.0 Å². The number of esters is 1. The maximum absolute atomic E-state index is 12.2. The molecule has 0 aromatic rings. The monoisotopic (exact) mass is 262 g/mol. The molecule has 0 spiro atoms.